The van der Waals surface area contributed by atoms with Crippen molar-refractivity contribution in [2.24, 2.45) is 0 Å². The predicted molar refractivity (Wildman–Crippen MR) is 67.7 cm³/mol. The third-order valence-electron chi connectivity index (χ3n) is 2.80. The molecule has 3 rings (SSSR count). The highest BCUT2D eigenvalue weighted by molar-refractivity contribution is 6.29. The number of nitrogens with one attached hydrogen (secondary N) is 1. The summed E-state index contributed by atoms with van der Waals surface area (Å²) in [5, 5.41) is 2.95. The van der Waals surface area contributed by atoms with E-state index in [0.29, 0.717) is 16.9 Å². The first-order chi connectivity index (χ1) is 8.74. The molecular formula is C12H11ClN4O. The van der Waals surface area contributed by atoms with Crippen LogP contribution in [0.25, 0.3) is 0 Å². The Balaban J connectivity index is 1.80. The molecule has 1 N–H and O–H groups in total. The lowest BCUT2D eigenvalue weighted by atomic mass is 10.4. The lowest BCUT2D eigenvalue weighted by Gasteiger charge is -2.07. The largest absolute Gasteiger partial charge is 0.340 e. The first-order valence-corrected chi connectivity index (χ1v) is 6.08. The van der Waals surface area contributed by atoms with E-state index in [1.54, 1.807) is 12.1 Å². The van der Waals surface area contributed by atoms with Gasteiger partial charge in [-0.1, -0.05) is 11.6 Å². The fourth-order valence-corrected chi connectivity index (χ4v) is 1.96. The van der Waals surface area contributed by atoms with E-state index in [1.807, 2.05) is 16.8 Å². The van der Waals surface area contributed by atoms with Crippen molar-refractivity contribution in [3.63, 3.8) is 0 Å². The Morgan fingerprint density at radius 3 is 3.00 bits per heavy atom. The smallest absolute Gasteiger partial charge is 0.274 e. The van der Waals surface area contributed by atoms with Gasteiger partial charge < -0.3 is 4.57 Å². The Bertz CT molecular complexity index is 591. The zero-order valence-corrected chi connectivity index (χ0v) is 10.3. The maximum atomic E-state index is 12.1. The molecule has 1 aliphatic rings. The van der Waals surface area contributed by atoms with Gasteiger partial charge in [0.1, 0.15) is 10.8 Å². The second-order valence-electron chi connectivity index (χ2n) is 4.19. The lowest BCUT2D eigenvalue weighted by molar-refractivity contribution is 0.101. The van der Waals surface area contributed by atoms with E-state index in [0.717, 1.165) is 12.8 Å². The third-order valence-corrected chi connectivity index (χ3v) is 3.01. The molecule has 0 unspecified atom stereocenters. The zero-order chi connectivity index (χ0) is 12.5. The molecule has 1 aliphatic carbocycles. The number of hydrogen-bond acceptors (Lipinski definition) is 3. The van der Waals surface area contributed by atoms with Gasteiger partial charge in [-0.25, -0.2) is 9.97 Å². The van der Waals surface area contributed by atoms with E-state index in [1.165, 1.54) is 6.20 Å². The van der Waals surface area contributed by atoms with Crippen molar-refractivity contribution in [2.75, 3.05) is 5.32 Å². The number of aromatic nitrogens is 3. The van der Waals surface area contributed by atoms with Crippen LogP contribution in [-0.2, 0) is 0 Å². The minimum absolute atomic E-state index is 0.214. The van der Waals surface area contributed by atoms with Crippen LogP contribution >= 0.6 is 11.6 Å². The van der Waals surface area contributed by atoms with Gasteiger partial charge in [0.15, 0.2) is 0 Å². The SMILES string of the molecule is O=C(Nc1nccc(Cl)n1)c1cccn1C1CC1. The topological polar surface area (TPSA) is 59.8 Å². The Hall–Kier alpha value is -1.88. The van der Waals surface area contributed by atoms with Crippen LogP contribution in [0, 0.1) is 0 Å². The number of amides is 1. The van der Waals surface area contributed by atoms with Gasteiger partial charge in [0.25, 0.3) is 5.91 Å². The summed E-state index contributed by atoms with van der Waals surface area (Å²) in [6, 6.07) is 5.68. The van der Waals surface area contributed by atoms with Gasteiger partial charge in [0, 0.05) is 18.4 Å². The van der Waals surface area contributed by atoms with Crippen molar-refractivity contribution in [3.05, 3.63) is 41.4 Å². The molecule has 1 fully saturated rings. The summed E-state index contributed by atoms with van der Waals surface area (Å²) < 4.78 is 1.99. The van der Waals surface area contributed by atoms with E-state index >= 15 is 0 Å². The molecule has 0 aliphatic heterocycles. The molecule has 18 heavy (non-hydrogen) atoms. The standard InChI is InChI=1S/C12H11ClN4O/c13-10-5-6-14-12(15-10)16-11(18)9-2-1-7-17(9)8-3-4-8/h1-2,5-8H,3-4H2,(H,14,15,16,18). The van der Waals surface area contributed by atoms with Gasteiger partial charge in [-0.05, 0) is 31.0 Å². The quantitative estimate of drug-likeness (QED) is 0.865. The van der Waals surface area contributed by atoms with E-state index in [2.05, 4.69) is 15.3 Å². The van der Waals surface area contributed by atoms with Gasteiger partial charge in [-0.15, -0.1) is 0 Å². The summed E-state index contributed by atoms with van der Waals surface area (Å²) in [6.45, 7) is 0. The van der Waals surface area contributed by atoms with Gasteiger partial charge >= 0.3 is 0 Å². The first-order valence-electron chi connectivity index (χ1n) is 5.71. The van der Waals surface area contributed by atoms with Gasteiger partial charge in [-0.2, -0.15) is 0 Å². The molecule has 92 valence electrons. The molecule has 2 heterocycles. The van der Waals surface area contributed by atoms with E-state index in [4.69, 9.17) is 11.6 Å². The predicted octanol–water partition coefficient (Wildman–Crippen LogP) is 2.52. The van der Waals surface area contributed by atoms with Gasteiger partial charge in [0.05, 0.1) is 0 Å². The number of nitrogens with zero attached hydrogens (tertiary/aromatic N) is 3. The Kier molecular flexibility index (Phi) is 2.76. The summed E-state index contributed by atoms with van der Waals surface area (Å²) in [5.41, 5.74) is 0.626. The van der Waals surface area contributed by atoms with Crippen LogP contribution in [0.15, 0.2) is 30.6 Å². The maximum absolute atomic E-state index is 12.1. The minimum atomic E-state index is -0.214. The first kappa shape index (κ1) is 11.2. The molecule has 0 saturated heterocycles. The van der Waals surface area contributed by atoms with Crippen LogP contribution in [0.4, 0.5) is 5.95 Å². The van der Waals surface area contributed by atoms with Gasteiger partial charge in [-0.3, -0.25) is 10.1 Å². The summed E-state index contributed by atoms with van der Waals surface area (Å²) in [6.07, 6.45) is 5.68. The molecule has 0 radical (unpaired) electrons. The molecule has 1 amide bonds. The lowest BCUT2D eigenvalue weighted by Crippen LogP contribution is -2.17. The molecule has 6 heteroatoms. The second-order valence-corrected chi connectivity index (χ2v) is 4.58. The van der Waals surface area contributed by atoms with Crippen molar-refractivity contribution in [3.8, 4) is 0 Å². The number of anilines is 1. The van der Waals surface area contributed by atoms with E-state index in [9.17, 15) is 4.79 Å². The molecule has 0 aromatic carbocycles. The maximum Gasteiger partial charge on any atom is 0.274 e. The average molecular weight is 263 g/mol. The molecule has 0 bridgehead atoms. The molecule has 2 aromatic rings. The van der Waals surface area contributed by atoms with Crippen LogP contribution < -0.4 is 5.32 Å². The summed E-state index contributed by atoms with van der Waals surface area (Å²) in [5.74, 6) is 0.00483. The second kappa shape index (κ2) is 4.42. The Morgan fingerprint density at radius 2 is 2.28 bits per heavy atom. The van der Waals surface area contributed by atoms with Crippen molar-refractivity contribution in [2.45, 2.75) is 18.9 Å². The number of carbonyl (C=O) groups is 1. The fourth-order valence-electron chi connectivity index (χ4n) is 1.82. The molecule has 0 atom stereocenters. The van der Waals surface area contributed by atoms with Gasteiger partial charge in [0.2, 0.25) is 5.95 Å². The van der Waals surface area contributed by atoms with Crippen LogP contribution in [0.3, 0.4) is 0 Å². The van der Waals surface area contributed by atoms with E-state index in [-0.39, 0.29) is 11.9 Å². The molecule has 2 aromatic heterocycles. The number of hydrogen-bond donors (Lipinski definition) is 1. The van der Waals surface area contributed by atoms with Crippen molar-refractivity contribution >= 4 is 23.5 Å². The van der Waals surface area contributed by atoms with Crippen LogP contribution in [-0.4, -0.2) is 20.4 Å². The summed E-state index contributed by atoms with van der Waals surface area (Å²) >= 11 is 5.74. The Morgan fingerprint density at radius 1 is 1.44 bits per heavy atom. The highest BCUT2D eigenvalue weighted by Gasteiger charge is 2.26. The van der Waals surface area contributed by atoms with Crippen LogP contribution in [0.2, 0.25) is 5.15 Å². The van der Waals surface area contributed by atoms with Crippen LogP contribution in [0.1, 0.15) is 29.4 Å². The van der Waals surface area contributed by atoms with E-state index < -0.39 is 0 Å². The third kappa shape index (κ3) is 2.22. The van der Waals surface area contributed by atoms with Crippen molar-refractivity contribution in [1.29, 1.82) is 0 Å². The number of rotatable bonds is 3. The number of halogens is 1. The molecule has 1 saturated carbocycles. The molecule has 0 spiro atoms. The van der Waals surface area contributed by atoms with Crippen molar-refractivity contribution < 1.29 is 4.79 Å². The molecule has 5 nitrogen and oxygen atoms in total. The fraction of sp³-hybridized carbons (Fsp3) is 0.250. The highest BCUT2D eigenvalue weighted by atomic mass is 35.5. The summed E-state index contributed by atoms with van der Waals surface area (Å²) in [7, 11) is 0. The highest BCUT2D eigenvalue weighted by Crippen LogP contribution is 2.36. The normalized spacial score (nSPS) is 14.5. The zero-order valence-electron chi connectivity index (χ0n) is 9.51. The summed E-state index contributed by atoms with van der Waals surface area (Å²) in [4.78, 5) is 20.0. The minimum Gasteiger partial charge on any atom is -0.340 e. The molecular weight excluding hydrogens is 252 g/mol. The van der Waals surface area contributed by atoms with Crippen LogP contribution in [0.5, 0.6) is 0 Å². The number of carbonyl (C=O) groups excluding carboxylic acids is 1. The van der Waals surface area contributed by atoms with Crippen molar-refractivity contribution in [1.82, 2.24) is 14.5 Å². The monoisotopic (exact) mass is 262 g/mol. The average Bonchev–Trinajstić information content (AvgIpc) is 3.06. The Labute approximate surface area is 109 Å².